The lowest BCUT2D eigenvalue weighted by Gasteiger charge is -2.31. The second-order valence-corrected chi connectivity index (χ2v) is 10.9. The van der Waals surface area contributed by atoms with Gasteiger partial charge in [-0.05, 0) is 43.2 Å². The average molecular weight is 489 g/mol. The van der Waals surface area contributed by atoms with E-state index >= 15 is 0 Å². The van der Waals surface area contributed by atoms with Gasteiger partial charge < -0.3 is 4.90 Å². The number of anilines is 1. The highest BCUT2D eigenvalue weighted by Crippen LogP contribution is 2.33. The maximum atomic E-state index is 13.5. The smallest absolute Gasteiger partial charge is 0.185 e. The summed E-state index contributed by atoms with van der Waals surface area (Å²) in [6.07, 6.45) is 0.873. The third kappa shape index (κ3) is 4.32. The maximum absolute atomic E-state index is 13.5. The predicted octanol–water partition coefficient (Wildman–Crippen LogP) is 5.84. The van der Waals surface area contributed by atoms with Gasteiger partial charge in [-0.1, -0.05) is 23.2 Å². The Kier molecular flexibility index (Phi) is 6.03. The number of thiazole rings is 1. The number of hydrogen-bond acceptors (Lipinski definition) is 5. The first kappa shape index (κ1) is 21.5. The molecule has 10 heteroatoms. The number of halogens is 4. The van der Waals surface area contributed by atoms with E-state index in [9.17, 15) is 17.2 Å². The van der Waals surface area contributed by atoms with E-state index in [1.165, 1.54) is 41.7 Å². The van der Waals surface area contributed by atoms with Gasteiger partial charge in [-0.25, -0.2) is 22.2 Å². The van der Waals surface area contributed by atoms with Crippen molar-refractivity contribution in [3.63, 3.8) is 0 Å². The lowest BCUT2D eigenvalue weighted by atomic mass is 10.1. The van der Waals surface area contributed by atoms with Gasteiger partial charge >= 0.3 is 0 Å². The van der Waals surface area contributed by atoms with Crippen molar-refractivity contribution in [3.8, 4) is 11.3 Å². The second-order valence-electron chi connectivity index (χ2n) is 6.98. The van der Waals surface area contributed by atoms with Gasteiger partial charge in [0.25, 0.3) is 0 Å². The number of sulfone groups is 1. The topological polar surface area (TPSA) is 50.3 Å². The summed E-state index contributed by atoms with van der Waals surface area (Å²) in [7, 11) is -3.52. The Hall–Kier alpha value is -1.74. The van der Waals surface area contributed by atoms with Crippen molar-refractivity contribution in [2.45, 2.75) is 23.0 Å². The third-order valence-corrected chi connectivity index (χ3v) is 8.92. The standard InChI is InChI=1S/C20H16Cl2F2N2O2S2/c21-17-2-1-16(10-18(17)22)30(27,28)15-3-5-26(6-4-15)20-25-19(11-29-20)12-7-13(23)9-14(24)8-12/h1-2,7-11,15H,3-6H2. The summed E-state index contributed by atoms with van der Waals surface area (Å²) in [5.41, 5.74) is 0.853. The van der Waals surface area contributed by atoms with Crippen molar-refractivity contribution in [1.29, 1.82) is 0 Å². The van der Waals surface area contributed by atoms with Gasteiger partial charge in [-0.15, -0.1) is 11.3 Å². The zero-order chi connectivity index (χ0) is 21.5. The van der Waals surface area contributed by atoms with Gasteiger partial charge in [0.05, 0.1) is 25.9 Å². The summed E-state index contributed by atoms with van der Waals surface area (Å²) >= 11 is 13.2. The molecular formula is C20H16Cl2F2N2O2S2. The Morgan fingerprint density at radius 1 is 1.00 bits per heavy atom. The van der Waals surface area contributed by atoms with Gasteiger partial charge in [0, 0.05) is 30.1 Å². The van der Waals surface area contributed by atoms with Crippen molar-refractivity contribution < 1.29 is 17.2 Å². The van der Waals surface area contributed by atoms with Crippen LogP contribution in [-0.2, 0) is 9.84 Å². The van der Waals surface area contributed by atoms with E-state index < -0.39 is 26.7 Å². The van der Waals surface area contributed by atoms with Crippen molar-refractivity contribution in [2.75, 3.05) is 18.0 Å². The van der Waals surface area contributed by atoms with Gasteiger partial charge in [0.15, 0.2) is 15.0 Å². The molecule has 0 bridgehead atoms. The van der Waals surface area contributed by atoms with Gasteiger partial charge in [-0.3, -0.25) is 0 Å². The van der Waals surface area contributed by atoms with Crippen LogP contribution in [0.1, 0.15) is 12.8 Å². The summed E-state index contributed by atoms with van der Waals surface area (Å²) in [4.78, 5) is 6.64. The molecule has 30 heavy (non-hydrogen) atoms. The molecule has 1 aliphatic rings. The number of nitrogens with zero attached hydrogens (tertiary/aromatic N) is 2. The molecule has 0 radical (unpaired) electrons. The highest BCUT2D eigenvalue weighted by atomic mass is 35.5. The molecule has 1 aliphatic heterocycles. The Labute approximate surface area is 187 Å². The van der Waals surface area contributed by atoms with Crippen LogP contribution in [0.5, 0.6) is 0 Å². The Bertz CT molecular complexity index is 1170. The predicted molar refractivity (Wildman–Crippen MR) is 116 cm³/mol. The van der Waals surface area contributed by atoms with Crippen molar-refractivity contribution >= 4 is 49.5 Å². The van der Waals surface area contributed by atoms with Crippen LogP contribution >= 0.6 is 34.5 Å². The molecule has 4 rings (SSSR count). The number of aromatic nitrogens is 1. The van der Waals surface area contributed by atoms with Crippen LogP contribution in [0.4, 0.5) is 13.9 Å². The van der Waals surface area contributed by atoms with E-state index in [1.54, 1.807) is 5.38 Å². The first-order valence-electron chi connectivity index (χ1n) is 9.10. The third-order valence-electron chi connectivity index (χ3n) is 5.02. The van der Waals surface area contributed by atoms with E-state index in [0.29, 0.717) is 47.3 Å². The minimum Gasteiger partial charge on any atom is -0.348 e. The number of benzene rings is 2. The number of piperidine rings is 1. The number of rotatable bonds is 4. The van der Waals surface area contributed by atoms with E-state index in [1.807, 2.05) is 4.90 Å². The van der Waals surface area contributed by atoms with Crippen LogP contribution in [0.2, 0.25) is 10.0 Å². The Balaban J connectivity index is 1.47. The molecule has 1 saturated heterocycles. The van der Waals surface area contributed by atoms with Crippen LogP contribution in [-0.4, -0.2) is 31.7 Å². The summed E-state index contributed by atoms with van der Waals surface area (Å²) < 4.78 is 52.8. The molecule has 158 valence electrons. The fourth-order valence-electron chi connectivity index (χ4n) is 3.45. The van der Waals surface area contributed by atoms with Crippen molar-refractivity contribution in [2.24, 2.45) is 0 Å². The highest BCUT2D eigenvalue weighted by molar-refractivity contribution is 7.92. The molecule has 0 spiro atoms. The highest BCUT2D eigenvalue weighted by Gasteiger charge is 2.32. The zero-order valence-corrected chi connectivity index (χ0v) is 18.6. The summed E-state index contributed by atoms with van der Waals surface area (Å²) in [6.45, 7) is 1.02. The molecule has 0 N–H and O–H groups in total. The van der Waals surface area contributed by atoms with E-state index in [0.717, 1.165) is 6.07 Å². The van der Waals surface area contributed by atoms with Crippen molar-refractivity contribution in [3.05, 3.63) is 63.5 Å². The molecule has 0 amide bonds. The SMILES string of the molecule is O=S(=O)(c1ccc(Cl)c(Cl)c1)C1CCN(c2nc(-c3cc(F)cc(F)c3)cs2)CC1. The Morgan fingerprint density at radius 3 is 2.30 bits per heavy atom. The molecular weight excluding hydrogens is 473 g/mol. The fraction of sp³-hybridized carbons (Fsp3) is 0.250. The fourth-order valence-corrected chi connectivity index (χ4v) is 6.45. The zero-order valence-electron chi connectivity index (χ0n) is 15.5. The molecule has 1 fully saturated rings. The summed E-state index contributed by atoms with van der Waals surface area (Å²) in [5, 5.41) is 2.42. The van der Waals surface area contributed by atoms with E-state index in [2.05, 4.69) is 4.98 Å². The molecule has 2 heterocycles. The molecule has 0 atom stereocenters. The van der Waals surface area contributed by atoms with Crippen LogP contribution in [0.3, 0.4) is 0 Å². The van der Waals surface area contributed by atoms with E-state index in [-0.39, 0.29) is 9.92 Å². The molecule has 1 aromatic heterocycles. The number of hydrogen-bond donors (Lipinski definition) is 0. The summed E-state index contributed by atoms with van der Waals surface area (Å²) in [5.74, 6) is -1.32. The normalized spacial score (nSPS) is 15.5. The largest absolute Gasteiger partial charge is 0.348 e. The average Bonchev–Trinajstić information content (AvgIpc) is 3.20. The van der Waals surface area contributed by atoms with Gasteiger partial charge in [0.2, 0.25) is 0 Å². The molecule has 2 aromatic carbocycles. The molecule has 4 nitrogen and oxygen atoms in total. The Morgan fingerprint density at radius 2 is 1.67 bits per heavy atom. The van der Waals surface area contributed by atoms with Crippen LogP contribution < -0.4 is 4.90 Å². The molecule has 3 aromatic rings. The minimum absolute atomic E-state index is 0.167. The van der Waals surface area contributed by atoms with Crippen LogP contribution in [0, 0.1) is 11.6 Å². The molecule has 0 unspecified atom stereocenters. The van der Waals surface area contributed by atoms with Crippen LogP contribution in [0.25, 0.3) is 11.3 Å². The quantitative estimate of drug-likeness (QED) is 0.462. The lowest BCUT2D eigenvalue weighted by Crippen LogP contribution is -2.39. The first-order chi connectivity index (χ1) is 14.2. The lowest BCUT2D eigenvalue weighted by molar-refractivity contribution is 0.529. The van der Waals surface area contributed by atoms with Crippen LogP contribution in [0.15, 0.2) is 46.7 Å². The monoisotopic (exact) mass is 488 g/mol. The molecule has 0 aliphatic carbocycles. The summed E-state index contributed by atoms with van der Waals surface area (Å²) in [6, 6.07) is 7.63. The maximum Gasteiger partial charge on any atom is 0.185 e. The minimum atomic E-state index is -3.52. The van der Waals surface area contributed by atoms with Crippen molar-refractivity contribution in [1.82, 2.24) is 4.98 Å². The second kappa shape index (κ2) is 8.42. The van der Waals surface area contributed by atoms with Gasteiger partial charge in [-0.2, -0.15) is 0 Å². The van der Waals surface area contributed by atoms with Gasteiger partial charge in [0.1, 0.15) is 11.6 Å². The first-order valence-corrected chi connectivity index (χ1v) is 12.3. The van der Waals surface area contributed by atoms with E-state index in [4.69, 9.17) is 23.2 Å². The molecule has 0 saturated carbocycles.